The van der Waals surface area contributed by atoms with Gasteiger partial charge in [-0.2, -0.15) is 0 Å². The first-order valence-corrected chi connectivity index (χ1v) is 5.34. The van der Waals surface area contributed by atoms with Crippen molar-refractivity contribution in [2.24, 2.45) is 0 Å². The summed E-state index contributed by atoms with van der Waals surface area (Å²) in [5.74, 6) is -2.21. The second-order valence-electron chi connectivity index (χ2n) is 3.25. The van der Waals surface area contributed by atoms with Crippen LogP contribution < -0.4 is 5.32 Å². The number of hydrogen-bond donors (Lipinski definition) is 2. The van der Waals surface area contributed by atoms with E-state index in [1.807, 2.05) is 6.92 Å². The van der Waals surface area contributed by atoms with E-state index in [0.717, 1.165) is 5.56 Å². The summed E-state index contributed by atoms with van der Waals surface area (Å²) in [5.41, 5.74) is 1.54. The van der Waals surface area contributed by atoms with Crippen molar-refractivity contribution in [3.05, 3.63) is 39.9 Å². The molecule has 90 valence electrons. The Labute approximate surface area is 108 Å². The number of halogens is 2. The molecular formula is C11H9Cl2NO3. The van der Waals surface area contributed by atoms with Gasteiger partial charge in [0.05, 0.1) is 0 Å². The van der Waals surface area contributed by atoms with Crippen LogP contribution in [-0.4, -0.2) is 17.0 Å². The number of carboxylic acid groups (broad SMARTS) is 1. The summed E-state index contributed by atoms with van der Waals surface area (Å²) in [4.78, 5) is 22.0. The van der Waals surface area contributed by atoms with Crippen LogP contribution in [0.25, 0.3) is 0 Å². The summed E-state index contributed by atoms with van der Waals surface area (Å²) in [5, 5.41) is 9.71. The average molecular weight is 274 g/mol. The molecule has 0 saturated heterocycles. The van der Waals surface area contributed by atoms with E-state index in [2.05, 4.69) is 5.32 Å². The van der Waals surface area contributed by atoms with E-state index in [-0.39, 0.29) is 0 Å². The number of rotatable bonds is 3. The Kier molecular flexibility index (Phi) is 4.54. The van der Waals surface area contributed by atoms with E-state index in [1.165, 1.54) is 0 Å². The molecule has 4 nitrogen and oxygen atoms in total. The van der Waals surface area contributed by atoms with E-state index in [4.69, 9.17) is 28.3 Å². The Morgan fingerprint density at radius 1 is 1.12 bits per heavy atom. The molecular weight excluding hydrogens is 265 g/mol. The van der Waals surface area contributed by atoms with E-state index in [0.29, 0.717) is 5.69 Å². The summed E-state index contributed by atoms with van der Waals surface area (Å²) in [6, 6.07) is 6.94. The van der Waals surface area contributed by atoms with Crippen molar-refractivity contribution in [3.8, 4) is 0 Å². The smallest absolute Gasteiger partial charge is 0.349 e. The molecule has 0 fully saturated rings. The van der Waals surface area contributed by atoms with Gasteiger partial charge in [0, 0.05) is 5.69 Å². The third-order valence-corrected chi connectivity index (χ3v) is 2.70. The lowest BCUT2D eigenvalue weighted by atomic mass is 10.2. The molecule has 0 aliphatic carbocycles. The first-order valence-electron chi connectivity index (χ1n) is 4.58. The van der Waals surface area contributed by atoms with Crippen molar-refractivity contribution >= 4 is 40.8 Å². The van der Waals surface area contributed by atoms with Crippen LogP contribution >= 0.6 is 23.2 Å². The molecule has 6 heteroatoms. The molecule has 1 aromatic carbocycles. The molecule has 2 N–H and O–H groups in total. The Morgan fingerprint density at radius 3 is 2.12 bits per heavy atom. The monoisotopic (exact) mass is 273 g/mol. The zero-order valence-electron chi connectivity index (χ0n) is 8.83. The fourth-order valence-corrected chi connectivity index (χ4v) is 1.23. The molecule has 0 spiro atoms. The van der Waals surface area contributed by atoms with Crippen molar-refractivity contribution in [2.75, 3.05) is 5.32 Å². The molecule has 0 heterocycles. The lowest BCUT2D eigenvalue weighted by molar-refractivity contribution is -0.132. The average Bonchev–Trinajstić information content (AvgIpc) is 2.30. The van der Waals surface area contributed by atoms with Crippen LogP contribution in [0, 0.1) is 6.92 Å². The summed E-state index contributed by atoms with van der Waals surface area (Å²) in [7, 11) is 0. The van der Waals surface area contributed by atoms with Gasteiger partial charge >= 0.3 is 5.97 Å². The van der Waals surface area contributed by atoms with E-state index in [9.17, 15) is 9.59 Å². The first kappa shape index (κ1) is 13.5. The van der Waals surface area contributed by atoms with Crippen LogP contribution in [0.2, 0.25) is 0 Å². The molecule has 17 heavy (non-hydrogen) atoms. The first-order chi connectivity index (χ1) is 7.91. The van der Waals surface area contributed by atoms with Crippen molar-refractivity contribution in [2.45, 2.75) is 6.92 Å². The van der Waals surface area contributed by atoms with Crippen LogP contribution in [0.1, 0.15) is 5.56 Å². The SMILES string of the molecule is Cc1ccc(NC(=O)/C(Cl)=C(/Cl)C(=O)O)cc1. The third-order valence-electron chi connectivity index (χ3n) is 1.89. The number of benzene rings is 1. The van der Waals surface area contributed by atoms with Gasteiger partial charge in [-0.05, 0) is 19.1 Å². The minimum Gasteiger partial charge on any atom is -0.477 e. The quantitative estimate of drug-likeness (QED) is 0.833. The molecule has 0 aromatic heterocycles. The van der Waals surface area contributed by atoms with Gasteiger partial charge in [0.2, 0.25) is 0 Å². The summed E-state index contributed by atoms with van der Waals surface area (Å²) < 4.78 is 0. The lowest BCUT2D eigenvalue weighted by Crippen LogP contribution is -2.14. The minimum atomic E-state index is -1.45. The number of nitrogens with one attached hydrogen (secondary N) is 1. The summed E-state index contributed by atoms with van der Waals surface area (Å²) in [6.07, 6.45) is 0. The fraction of sp³-hybridized carbons (Fsp3) is 0.0909. The zero-order valence-corrected chi connectivity index (χ0v) is 10.3. The summed E-state index contributed by atoms with van der Waals surface area (Å²) >= 11 is 10.9. The number of carboxylic acids is 1. The molecule has 1 rings (SSSR count). The molecule has 0 bridgehead atoms. The highest BCUT2D eigenvalue weighted by molar-refractivity contribution is 6.54. The number of hydrogen-bond acceptors (Lipinski definition) is 2. The zero-order chi connectivity index (χ0) is 13.0. The largest absolute Gasteiger partial charge is 0.477 e. The molecule has 1 amide bonds. The maximum Gasteiger partial charge on any atom is 0.349 e. The highest BCUT2D eigenvalue weighted by atomic mass is 35.5. The maximum absolute atomic E-state index is 11.5. The predicted octanol–water partition coefficient (Wildman–Crippen LogP) is 2.71. The van der Waals surface area contributed by atoms with Crippen LogP contribution in [0.3, 0.4) is 0 Å². The lowest BCUT2D eigenvalue weighted by Gasteiger charge is -2.05. The van der Waals surface area contributed by atoms with Crippen LogP contribution in [0.15, 0.2) is 34.3 Å². The van der Waals surface area contributed by atoms with Crippen molar-refractivity contribution in [3.63, 3.8) is 0 Å². The second kappa shape index (κ2) is 5.70. The van der Waals surface area contributed by atoms with Gasteiger partial charge < -0.3 is 10.4 Å². The van der Waals surface area contributed by atoms with Gasteiger partial charge in [0.15, 0.2) is 0 Å². The normalized spacial score (nSPS) is 11.7. The molecule has 0 atom stereocenters. The molecule has 0 radical (unpaired) electrons. The summed E-state index contributed by atoms with van der Waals surface area (Å²) in [6.45, 7) is 1.90. The van der Waals surface area contributed by atoms with Gasteiger partial charge in [-0.1, -0.05) is 40.9 Å². The predicted molar refractivity (Wildman–Crippen MR) is 66.2 cm³/mol. The van der Waals surface area contributed by atoms with E-state index in [1.54, 1.807) is 24.3 Å². The van der Waals surface area contributed by atoms with E-state index >= 15 is 0 Å². The van der Waals surface area contributed by atoms with Crippen LogP contribution in [-0.2, 0) is 9.59 Å². The Balaban J connectivity index is 2.83. The number of anilines is 1. The van der Waals surface area contributed by atoms with Gasteiger partial charge in [0.25, 0.3) is 5.91 Å². The number of amides is 1. The fourth-order valence-electron chi connectivity index (χ4n) is 1.02. The van der Waals surface area contributed by atoms with Gasteiger partial charge in [-0.15, -0.1) is 0 Å². The minimum absolute atomic E-state index is 0.508. The van der Waals surface area contributed by atoms with E-state index < -0.39 is 21.9 Å². The number of carbonyl (C=O) groups excluding carboxylic acids is 1. The molecule has 0 saturated carbocycles. The number of aryl methyl sites for hydroxylation is 1. The van der Waals surface area contributed by atoms with Gasteiger partial charge in [0.1, 0.15) is 10.1 Å². The topological polar surface area (TPSA) is 66.4 Å². The number of carbonyl (C=O) groups is 2. The standard InChI is InChI=1S/C11H9Cl2NO3/c1-6-2-4-7(5-3-6)14-10(15)8(12)9(13)11(16)17/h2-5H,1H3,(H,14,15)(H,16,17)/b9-8-. The van der Waals surface area contributed by atoms with Crippen LogP contribution in [0.4, 0.5) is 5.69 Å². The van der Waals surface area contributed by atoms with Crippen molar-refractivity contribution in [1.82, 2.24) is 0 Å². The van der Waals surface area contributed by atoms with Gasteiger partial charge in [-0.25, -0.2) is 4.79 Å². The van der Waals surface area contributed by atoms with Crippen molar-refractivity contribution in [1.29, 1.82) is 0 Å². The maximum atomic E-state index is 11.5. The molecule has 1 aromatic rings. The molecule has 0 aliphatic rings. The Morgan fingerprint density at radius 2 is 1.65 bits per heavy atom. The van der Waals surface area contributed by atoms with Gasteiger partial charge in [-0.3, -0.25) is 4.79 Å². The molecule has 0 unspecified atom stereocenters. The molecule has 0 aliphatic heterocycles. The highest BCUT2D eigenvalue weighted by Crippen LogP contribution is 2.17. The second-order valence-corrected chi connectivity index (χ2v) is 4.01. The Bertz CT molecular complexity index is 480. The third kappa shape index (κ3) is 3.76. The van der Waals surface area contributed by atoms with Crippen molar-refractivity contribution < 1.29 is 14.7 Å². The number of aliphatic carboxylic acids is 1. The Hall–Kier alpha value is -1.52. The highest BCUT2D eigenvalue weighted by Gasteiger charge is 2.17. The van der Waals surface area contributed by atoms with Crippen LogP contribution in [0.5, 0.6) is 0 Å².